The second-order valence-corrected chi connectivity index (χ2v) is 3.91. The summed E-state index contributed by atoms with van der Waals surface area (Å²) in [6.07, 6.45) is 2.22. The minimum absolute atomic E-state index is 0.273. The summed E-state index contributed by atoms with van der Waals surface area (Å²) in [6, 6.07) is 4.19. The van der Waals surface area contributed by atoms with Gasteiger partial charge in [-0.05, 0) is 37.0 Å². The van der Waals surface area contributed by atoms with Crippen molar-refractivity contribution in [3.8, 4) is 5.75 Å². The van der Waals surface area contributed by atoms with Crippen LogP contribution in [-0.2, 0) is 11.2 Å². The highest BCUT2D eigenvalue weighted by atomic mass is 16.5. The maximum atomic E-state index is 8.30. The Balaban J connectivity index is 2.78. The zero-order valence-corrected chi connectivity index (χ0v) is 10.6. The van der Waals surface area contributed by atoms with E-state index < -0.39 is 0 Å². The van der Waals surface area contributed by atoms with E-state index in [0.29, 0.717) is 0 Å². The number of rotatable bonds is 6. The Hall–Kier alpha value is -1.55. The van der Waals surface area contributed by atoms with Crippen LogP contribution in [0.2, 0.25) is 0 Å². The number of oxime groups is 1. The van der Waals surface area contributed by atoms with Gasteiger partial charge >= 0.3 is 0 Å². The van der Waals surface area contributed by atoms with Gasteiger partial charge < -0.3 is 14.7 Å². The van der Waals surface area contributed by atoms with Crippen LogP contribution in [0.4, 0.5) is 0 Å². The first-order valence-corrected chi connectivity index (χ1v) is 5.56. The fourth-order valence-electron chi connectivity index (χ4n) is 1.79. The zero-order chi connectivity index (χ0) is 12.7. The van der Waals surface area contributed by atoms with E-state index in [1.807, 2.05) is 13.8 Å². The number of aryl methyl sites for hydroxylation is 2. The van der Waals surface area contributed by atoms with Gasteiger partial charge in [0.1, 0.15) is 12.4 Å². The van der Waals surface area contributed by atoms with Crippen molar-refractivity contribution in [1.29, 1.82) is 0 Å². The van der Waals surface area contributed by atoms with Crippen molar-refractivity contribution in [1.82, 2.24) is 0 Å². The van der Waals surface area contributed by atoms with E-state index in [2.05, 4.69) is 17.3 Å². The summed E-state index contributed by atoms with van der Waals surface area (Å²) < 4.78 is 10.6. The molecule has 0 aliphatic heterocycles. The van der Waals surface area contributed by atoms with E-state index in [-0.39, 0.29) is 6.61 Å². The quantitative estimate of drug-likeness (QED) is 0.469. The molecule has 4 nitrogen and oxygen atoms in total. The fourth-order valence-corrected chi connectivity index (χ4v) is 1.79. The lowest BCUT2D eigenvalue weighted by Gasteiger charge is -2.12. The minimum Gasteiger partial charge on any atom is -0.487 e. The molecule has 0 saturated heterocycles. The monoisotopic (exact) mass is 237 g/mol. The van der Waals surface area contributed by atoms with Crippen LogP contribution in [0.5, 0.6) is 5.75 Å². The van der Waals surface area contributed by atoms with Crippen LogP contribution >= 0.6 is 0 Å². The largest absolute Gasteiger partial charge is 0.487 e. The summed E-state index contributed by atoms with van der Waals surface area (Å²) in [5.74, 6) is 0.853. The van der Waals surface area contributed by atoms with Gasteiger partial charge in [0.05, 0.1) is 12.8 Å². The molecule has 0 atom stereocenters. The third kappa shape index (κ3) is 4.07. The lowest BCUT2D eigenvalue weighted by atomic mass is 10.0. The molecule has 1 aromatic carbocycles. The van der Waals surface area contributed by atoms with Gasteiger partial charge in [0.2, 0.25) is 0 Å². The standard InChI is InChI=1S/C13H19NO3/c1-10-8-12(4-6-16-3)9-11(2)13(10)17-7-5-14-15/h5,8-9,15H,4,6-7H2,1-3H3. The molecule has 0 amide bonds. The van der Waals surface area contributed by atoms with Crippen molar-refractivity contribution >= 4 is 6.21 Å². The molecule has 0 aromatic heterocycles. The van der Waals surface area contributed by atoms with Gasteiger partial charge in [0.15, 0.2) is 0 Å². The maximum absolute atomic E-state index is 8.30. The van der Waals surface area contributed by atoms with E-state index >= 15 is 0 Å². The Kier molecular flexibility index (Phi) is 5.49. The molecule has 0 saturated carbocycles. The Morgan fingerprint density at radius 1 is 1.29 bits per heavy atom. The Morgan fingerprint density at radius 3 is 2.47 bits per heavy atom. The topological polar surface area (TPSA) is 51.0 Å². The average molecular weight is 237 g/mol. The molecular weight excluding hydrogens is 218 g/mol. The second-order valence-electron chi connectivity index (χ2n) is 3.91. The summed E-state index contributed by atoms with van der Waals surface area (Å²) in [4.78, 5) is 0. The number of hydrogen-bond acceptors (Lipinski definition) is 4. The molecule has 4 heteroatoms. The summed E-state index contributed by atoms with van der Waals surface area (Å²) in [5, 5.41) is 11.2. The van der Waals surface area contributed by atoms with Crippen LogP contribution in [0.25, 0.3) is 0 Å². The molecule has 1 aromatic rings. The fraction of sp³-hybridized carbons (Fsp3) is 0.462. The molecule has 0 bridgehead atoms. The summed E-state index contributed by atoms with van der Waals surface area (Å²) in [7, 11) is 1.70. The van der Waals surface area contributed by atoms with Gasteiger partial charge in [0, 0.05) is 7.11 Å². The molecule has 0 spiro atoms. The van der Waals surface area contributed by atoms with Crippen molar-refractivity contribution in [3.63, 3.8) is 0 Å². The molecule has 0 aliphatic carbocycles. The number of benzene rings is 1. The van der Waals surface area contributed by atoms with Crippen LogP contribution < -0.4 is 4.74 Å². The molecule has 94 valence electrons. The van der Waals surface area contributed by atoms with Gasteiger partial charge in [-0.15, -0.1) is 0 Å². The van der Waals surface area contributed by atoms with E-state index in [1.165, 1.54) is 11.8 Å². The molecular formula is C13H19NO3. The van der Waals surface area contributed by atoms with Crippen molar-refractivity contribution in [2.45, 2.75) is 20.3 Å². The third-order valence-corrected chi connectivity index (χ3v) is 2.50. The lowest BCUT2D eigenvalue weighted by Crippen LogP contribution is -2.03. The smallest absolute Gasteiger partial charge is 0.127 e. The molecule has 0 fully saturated rings. The lowest BCUT2D eigenvalue weighted by molar-refractivity contribution is 0.202. The molecule has 0 aliphatic rings. The van der Waals surface area contributed by atoms with Crippen LogP contribution in [0.15, 0.2) is 17.3 Å². The molecule has 0 radical (unpaired) electrons. The van der Waals surface area contributed by atoms with Gasteiger partial charge in [0.25, 0.3) is 0 Å². The van der Waals surface area contributed by atoms with Crippen LogP contribution in [0, 0.1) is 13.8 Å². The Labute approximate surface area is 102 Å². The SMILES string of the molecule is COCCc1cc(C)c(OCC=NO)c(C)c1. The number of nitrogens with zero attached hydrogens (tertiary/aromatic N) is 1. The summed E-state index contributed by atoms with van der Waals surface area (Å²) >= 11 is 0. The van der Waals surface area contributed by atoms with Crippen molar-refractivity contribution in [2.24, 2.45) is 5.16 Å². The van der Waals surface area contributed by atoms with Crippen LogP contribution in [0.1, 0.15) is 16.7 Å². The predicted molar refractivity (Wildman–Crippen MR) is 67.3 cm³/mol. The summed E-state index contributed by atoms with van der Waals surface area (Å²) in [5.41, 5.74) is 3.41. The van der Waals surface area contributed by atoms with Gasteiger partial charge in [-0.3, -0.25) is 0 Å². The normalized spacial score (nSPS) is 11.0. The molecule has 0 heterocycles. The first-order valence-electron chi connectivity index (χ1n) is 5.56. The first kappa shape index (κ1) is 13.5. The average Bonchev–Trinajstić information content (AvgIpc) is 2.30. The van der Waals surface area contributed by atoms with E-state index in [1.54, 1.807) is 7.11 Å². The zero-order valence-electron chi connectivity index (χ0n) is 10.6. The highest BCUT2D eigenvalue weighted by Crippen LogP contribution is 2.24. The first-order chi connectivity index (χ1) is 8.19. The highest BCUT2D eigenvalue weighted by Gasteiger charge is 2.06. The van der Waals surface area contributed by atoms with Crippen LogP contribution in [-0.4, -0.2) is 31.7 Å². The van der Waals surface area contributed by atoms with E-state index in [9.17, 15) is 0 Å². The number of ether oxygens (including phenoxy) is 2. The predicted octanol–water partition coefficient (Wildman–Crippen LogP) is 2.33. The van der Waals surface area contributed by atoms with Crippen molar-refractivity contribution < 1.29 is 14.7 Å². The second kappa shape index (κ2) is 6.91. The van der Waals surface area contributed by atoms with E-state index in [0.717, 1.165) is 29.9 Å². The molecule has 1 N–H and O–H groups in total. The highest BCUT2D eigenvalue weighted by molar-refractivity contribution is 5.58. The molecule has 1 rings (SSSR count). The Morgan fingerprint density at radius 2 is 1.94 bits per heavy atom. The molecule has 17 heavy (non-hydrogen) atoms. The van der Waals surface area contributed by atoms with Crippen molar-refractivity contribution in [3.05, 3.63) is 28.8 Å². The number of methoxy groups -OCH3 is 1. The van der Waals surface area contributed by atoms with Crippen LogP contribution in [0.3, 0.4) is 0 Å². The third-order valence-electron chi connectivity index (χ3n) is 2.50. The summed E-state index contributed by atoms with van der Waals surface area (Å²) in [6.45, 7) is 5.01. The maximum Gasteiger partial charge on any atom is 0.127 e. The van der Waals surface area contributed by atoms with E-state index in [4.69, 9.17) is 14.7 Å². The van der Waals surface area contributed by atoms with Gasteiger partial charge in [-0.1, -0.05) is 17.3 Å². The molecule has 0 unspecified atom stereocenters. The van der Waals surface area contributed by atoms with Gasteiger partial charge in [-0.25, -0.2) is 0 Å². The van der Waals surface area contributed by atoms with Gasteiger partial charge in [-0.2, -0.15) is 0 Å². The number of hydrogen-bond donors (Lipinski definition) is 1. The van der Waals surface area contributed by atoms with Crippen molar-refractivity contribution in [2.75, 3.05) is 20.3 Å². The Bertz CT molecular complexity index is 365. The minimum atomic E-state index is 0.273.